The van der Waals surface area contributed by atoms with Crippen LogP contribution in [0, 0.1) is 0 Å². The van der Waals surface area contributed by atoms with Crippen molar-refractivity contribution >= 4 is 29.9 Å². The van der Waals surface area contributed by atoms with Gasteiger partial charge in [-0.2, -0.15) is 5.10 Å². The topological polar surface area (TPSA) is 59.4 Å². The molecule has 1 saturated heterocycles. The lowest BCUT2D eigenvalue weighted by Gasteiger charge is -2.27. The number of nitrogens with zero attached hydrogens (tertiary/aromatic N) is 4. The Balaban J connectivity index is 0.00000192. The summed E-state index contributed by atoms with van der Waals surface area (Å²) >= 11 is 0. The maximum absolute atomic E-state index is 6.14. The molecule has 0 radical (unpaired) electrons. The molecule has 0 saturated carbocycles. The molecule has 2 N–H and O–H groups in total. The van der Waals surface area contributed by atoms with E-state index in [0.29, 0.717) is 12.5 Å². The smallest absolute Gasteiger partial charge is 0.191 e. The number of aromatic nitrogens is 2. The van der Waals surface area contributed by atoms with Crippen molar-refractivity contribution in [3.63, 3.8) is 0 Å². The van der Waals surface area contributed by atoms with E-state index in [2.05, 4.69) is 39.3 Å². The lowest BCUT2D eigenvalue weighted by Crippen LogP contribution is -2.40. The minimum absolute atomic E-state index is 0. The van der Waals surface area contributed by atoms with Gasteiger partial charge in [0.05, 0.1) is 13.1 Å². The Morgan fingerprint density at radius 3 is 2.52 bits per heavy atom. The van der Waals surface area contributed by atoms with Gasteiger partial charge in [0.25, 0.3) is 0 Å². The van der Waals surface area contributed by atoms with Gasteiger partial charge >= 0.3 is 0 Å². The number of likely N-dealkylation sites (tertiary alicyclic amines) is 1. The minimum Gasteiger partial charge on any atom is -0.370 e. The summed E-state index contributed by atoms with van der Waals surface area (Å²) in [6, 6.07) is 10.3. The molecule has 1 aromatic heterocycles. The van der Waals surface area contributed by atoms with E-state index in [0.717, 1.165) is 19.6 Å². The summed E-state index contributed by atoms with van der Waals surface area (Å²) in [5.74, 6) is 0.675. The van der Waals surface area contributed by atoms with Gasteiger partial charge in [0, 0.05) is 25.5 Å². The van der Waals surface area contributed by atoms with Gasteiger partial charge in [-0.25, -0.2) is 4.99 Å². The van der Waals surface area contributed by atoms with Crippen molar-refractivity contribution < 1.29 is 0 Å². The number of guanidine groups is 1. The predicted molar refractivity (Wildman–Crippen MR) is 104 cm³/mol. The number of aliphatic imine (C=N–C) groups is 1. The molecule has 0 amide bonds. The Labute approximate surface area is 154 Å². The van der Waals surface area contributed by atoms with E-state index in [1.165, 1.54) is 30.4 Å². The number of halogens is 1. The fourth-order valence-electron chi connectivity index (χ4n) is 2.82. The average molecular weight is 425 g/mol. The largest absolute Gasteiger partial charge is 0.370 e. The molecule has 1 aliphatic heterocycles. The first-order valence-electron chi connectivity index (χ1n) is 7.92. The van der Waals surface area contributed by atoms with E-state index in [4.69, 9.17) is 5.73 Å². The maximum Gasteiger partial charge on any atom is 0.191 e. The second-order valence-corrected chi connectivity index (χ2v) is 5.69. The highest BCUT2D eigenvalue weighted by Crippen LogP contribution is 2.13. The summed E-state index contributed by atoms with van der Waals surface area (Å²) in [5, 5.41) is 4.27. The lowest BCUT2D eigenvalue weighted by atomic mass is 10.1. The summed E-state index contributed by atoms with van der Waals surface area (Å²) in [7, 11) is 0. The Bertz CT molecular complexity index is 618. The zero-order valence-electron chi connectivity index (χ0n) is 13.3. The molecule has 23 heavy (non-hydrogen) atoms. The van der Waals surface area contributed by atoms with Gasteiger partial charge in [-0.1, -0.05) is 24.3 Å². The number of nitrogens with two attached hydrogens (primary N) is 1. The third-order valence-electron chi connectivity index (χ3n) is 4.10. The van der Waals surface area contributed by atoms with Gasteiger partial charge < -0.3 is 10.6 Å². The van der Waals surface area contributed by atoms with Crippen LogP contribution in [-0.2, 0) is 13.1 Å². The number of benzene rings is 1. The molecule has 6 heteroatoms. The Kier molecular flexibility index (Phi) is 6.88. The Morgan fingerprint density at radius 2 is 1.83 bits per heavy atom. The first-order chi connectivity index (χ1) is 10.8. The highest BCUT2D eigenvalue weighted by atomic mass is 127. The zero-order valence-corrected chi connectivity index (χ0v) is 15.6. The number of piperidine rings is 1. The molecule has 2 aromatic rings. The average Bonchev–Trinajstić information content (AvgIpc) is 3.07. The van der Waals surface area contributed by atoms with Crippen LogP contribution >= 0.6 is 24.0 Å². The van der Waals surface area contributed by atoms with Gasteiger partial charge in [-0.05, 0) is 36.5 Å². The fraction of sp³-hybridized carbons (Fsp3) is 0.412. The van der Waals surface area contributed by atoms with Crippen LogP contribution in [0.15, 0.2) is 47.7 Å². The molecular formula is C17H24IN5. The van der Waals surface area contributed by atoms with Crippen molar-refractivity contribution in [1.29, 1.82) is 0 Å². The molecule has 2 heterocycles. The molecule has 0 aliphatic carbocycles. The Morgan fingerprint density at radius 1 is 1.09 bits per heavy atom. The van der Waals surface area contributed by atoms with E-state index in [9.17, 15) is 0 Å². The number of hydrogen-bond acceptors (Lipinski definition) is 2. The van der Waals surface area contributed by atoms with Crippen LogP contribution in [0.25, 0.3) is 0 Å². The highest BCUT2D eigenvalue weighted by Gasteiger charge is 2.12. The number of rotatable bonds is 4. The lowest BCUT2D eigenvalue weighted by molar-refractivity contribution is 0.338. The van der Waals surface area contributed by atoms with Gasteiger partial charge in [0.1, 0.15) is 0 Å². The van der Waals surface area contributed by atoms with Crippen LogP contribution < -0.4 is 5.73 Å². The summed E-state index contributed by atoms with van der Waals surface area (Å²) < 4.78 is 1.93. The van der Waals surface area contributed by atoms with Crippen LogP contribution in [-0.4, -0.2) is 33.7 Å². The summed E-state index contributed by atoms with van der Waals surface area (Å²) in [6.07, 6.45) is 7.51. The quantitative estimate of drug-likeness (QED) is 0.466. The second-order valence-electron chi connectivity index (χ2n) is 5.69. The van der Waals surface area contributed by atoms with E-state index < -0.39 is 0 Å². The van der Waals surface area contributed by atoms with E-state index in [1.54, 1.807) is 6.20 Å². The third kappa shape index (κ3) is 4.95. The van der Waals surface area contributed by atoms with Gasteiger partial charge in [0.15, 0.2) is 5.96 Å². The van der Waals surface area contributed by atoms with Crippen LogP contribution in [0.1, 0.15) is 30.4 Å². The first kappa shape index (κ1) is 17.8. The molecule has 0 spiro atoms. The summed E-state index contributed by atoms with van der Waals surface area (Å²) in [6.45, 7) is 3.45. The van der Waals surface area contributed by atoms with Crippen LogP contribution in [0.5, 0.6) is 0 Å². The zero-order chi connectivity index (χ0) is 15.2. The second kappa shape index (κ2) is 8.90. The van der Waals surface area contributed by atoms with Crippen molar-refractivity contribution in [1.82, 2.24) is 14.7 Å². The number of hydrogen-bond donors (Lipinski definition) is 1. The Hall–Kier alpha value is -1.57. The molecule has 0 bridgehead atoms. The molecule has 1 aromatic carbocycles. The minimum atomic E-state index is 0. The molecule has 0 atom stereocenters. The van der Waals surface area contributed by atoms with Crippen molar-refractivity contribution in [3.05, 3.63) is 53.9 Å². The normalized spacial score (nSPS) is 15.3. The molecule has 124 valence electrons. The molecular weight excluding hydrogens is 401 g/mol. The van der Waals surface area contributed by atoms with Crippen molar-refractivity contribution in [2.24, 2.45) is 10.7 Å². The predicted octanol–water partition coefficient (Wildman–Crippen LogP) is 2.85. The van der Waals surface area contributed by atoms with Gasteiger partial charge in [-0.3, -0.25) is 4.68 Å². The van der Waals surface area contributed by atoms with Crippen molar-refractivity contribution in [2.75, 3.05) is 13.1 Å². The molecule has 0 unspecified atom stereocenters. The van der Waals surface area contributed by atoms with Crippen LogP contribution in [0.2, 0.25) is 0 Å². The molecule has 3 rings (SSSR count). The monoisotopic (exact) mass is 425 g/mol. The molecule has 1 fully saturated rings. The first-order valence-corrected chi connectivity index (χ1v) is 7.92. The van der Waals surface area contributed by atoms with Crippen LogP contribution in [0.4, 0.5) is 0 Å². The van der Waals surface area contributed by atoms with E-state index in [1.807, 2.05) is 16.9 Å². The summed E-state index contributed by atoms with van der Waals surface area (Å²) in [4.78, 5) is 6.79. The molecule has 5 nitrogen and oxygen atoms in total. The standard InChI is InChI=1S/C17H23N5.HI/c18-17(21-10-4-1-5-11-21)19-13-15-7-2-3-8-16(15)14-22-12-6-9-20-22;/h2-3,6-9,12H,1,4-5,10-11,13-14H2,(H2,18,19);1H. The van der Waals surface area contributed by atoms with Crippen LogP contribution in [0.3, 0.4) is 0 Å². The van der Waals surface area contributed by atoms with Gasteiger partial charge in [-0.15, -0.1) is 24.0 Å². The molecule has 1 aliphatic rings. The van der Waals surface area contributed by atoms with Gasteiger partial charge in [0.2, 0.25) is 0 Å². The van der Waals surface area contributed by atoms with E-state index >= 15 is 0 Å². The van der Waals surface area contributed by atoms with Crippen molar-refractivity contribution in [3.8, 4) is 0 Å². The summed E-state index contributed by atoms with van der Waals surface area (Å²) in [5.41, 5.74) is 8.58. The fourth-order valence-corrected chi connectivity index (χ4v) is 2.82. The highest BCUT2D eigenvalue weighted by molar-refractivity contribution is 14.0. The SMILES string of the molecule is I.NC(=NCc1ccccc1Cn1cccn1)N1CCCCC1. The maximum atomic E-state index is 6.14. The third-order valence-corrected chi connectivity index (χ3v) is 4.10. The van der Waals surface area contributed by atoms with E-state index in [-0.39, 0.29) is 24.0 Å². The van der Waals surface area contributed by atoms with Crippen molar-refractivity contribution in [2.45, 2.75) is 32.4 Å².